The average Bonchev–Trinajstić information content (AvgIpc) is 3.89. The fourth-order valence-electron chi connectivity index (χ4n) is 11.9. The SMILES string of the molecule is Cc1ccc(N(c2ccc3c(c2)C2C=CC=CC2N3c2ccccc2)C2C=CC(c3ccc(N(c4ccc(C)cc4)C4CCc5c(c6ccccc6n5C5CC=CCC5)C4)cc3)=CC2)cc1. The van der Waals surface area contributed by atoms with Gasteiger partial charge in [0.2, 0.25) is 0 Å². The first-order valence-corrected chi connectivity index (χ1v) is 24.4. The highest BCUT2D eigenvalue weighted by Gasteiger charge is 2.38. The molecule has 4 aliphatic carbocycles. The van der Waals surface area contributed by atoms with Crippen molar-refractivity contribution >= 4 is 50.6 Å². The number of aryl methyl sites for hydroxylation is 2. The molecule has 0 fully saturated rings. The molecule has 0 saturated heterocycles. The van der Waals surface area contributed by atoms with Crippen LogP contribution in [0.15, 0.2) is 200 Å². The van der Waals surface area contributed by atoms with Crippen LogP contribution in [-0.2, 0) is 12.8 Å². The molecule has 0 radical (unpaired) electrons. The smallest absolute Gasteiger partial charge is 0.0629 e. The minimum absolute atomic E-state index is 0.173. The van der Waals surface area contributed by atoms with E-state index in [1.165, 1.54) is 85.7 Å². The highest BCUT2D eigenvalue weighted by Crippen LogP contribution is 2.50. The molecule has 1 aliphatic heterocycles. The summed E-state index contributed by atoms with van der Waals surface area (Å²) in [6, 6.07) is 56.2. The first-order valence-electron chi connectivity index (χ1n) is 24.4. The van der Waals surface area contributed by atoms with E-state index in [-0.39, 0.29) is 12.1 Å². The molecule has 5 aliphatic rings. The predicted octanol–water partition coefficient (Wildman–Crippen LogP) is 15.5. The molecular weight excluding hydrogens is 801 g/mol. The van der Waals surface area contributed by atoms with Crippen molar-refractivity contribution in [2.45, 2.75) is 88.9 Å². The summed E-state index contributed by atoms with van der Waals surface area (Å²) in [5, 5.41) is 1.44. The first kappa shape index (κ1) is 40.5. The molecule has 0 N–H and O–H groups in total. The van der Waals surface area contributed by atoms with Crippen LogP contribution in [-0.4, -0.2) is 22.7 Å². The number of rotatable bonds is 9. The fraction of sp³-hybridized carbons (Fsp3) is 0.226. The van der Waals surface area contributed by atoms with Gasteiger partial charge < -0.3 is 19.3 Å². The molecule has 0 spiro atoms. The number of benzene rings is 6. The van der Waals surface area contributed by atoms with Crippen molar-refractivity contribution in [1.29, 1.82) is 0 Å². The first-order chi connectivity index (χ1) is 32.6. The van der Waals surface area contributed by atoms with Gasteiger partial charge in [-0.15, -0.1) is 0 Å². The van der Waals surface area contributed by atoms with E-state index in [0.717, 1.165) is 32.1 Å². The van der Waals surface area contributed by atoms with Crippen LogP contribution in [0.4, 0.5) is 34.1 Å². The van der Waals surface area contributed by atoms with Gasteiger partial charge in [-0.1, -0.05) is 139 Å². The molecule has 66 heavy (non-hydrogen) atoms. The van der Waals surface area contributed by atoms with Crippen molar-refractivity contribution in [3.8, 4) is 0 Å². The molecule has 326 valence electrons. The Morgan fingerprint density at radius 1 is 0.606 bits per heavy atom. The molecule has 4 heteroatoms. The van der Waals surface area contributed by atoms with Crippen molar-refractivity contribution in [1.82, 2.24) is 4.57 Å². The molecule has 12 rings (SSSR count). The maximum atomic E-state index is 2.73. The molecule has 0 bridgehead atoms. The Morgan fingerprint density at radius 3 is 2.03 bits per heavy atom. The van der Waals surface area contributed by atoms with Gasteiger partial charge in [0.15, 0.2) is 0 Å². The second kappa shape index (κ2) is 17.1. The lowest BCUT2D eigenvalue weighted by Gasteiger charge is -2.37. The molecule has 4 nitrogen and oxygen atoms in total. The van der Waals surface area contributed by atoms with Gasteiger partial charge in [-0.25, -0.2) is 0 Å². The Hall–Kier alpha value is -7.04. The topological polar surface area (TPSA) is 14.7 Å². The largest absolute Gasteiger partial charge is 0.341 e. The van der Waals surface area contributed by atoms with E-state index < -0.39 is 0 Å². The zero-order valence-corrected chi connectivity index (χ0v) is 38.2. The Morgan fingerprint density at radius 2 is 1.30 bits per heavy atom. The van der Waals surface area contributed by atoms with E-state index in [0.29, 0.717) is 18.0 Å². The molecule has 2 heterocycles. The van der Waals surface area contributed by atoms with Crippen LogP contribution in [0.2, 0.25) is 0 Å². The van der Waals surface area contributed by atoms with Crippen LogP contribution in [0.25, 0.3) is 16.5 Å². The molecule has 1 aromatic heterocycles. The standard InChI is InChI=1S/C62H58N4/c1-43-21-29-49(30-22-43)63(53-37-39-61-57(41-53)55-17-9-11-19-59(55)65(61)47-13-5-3-6-14-47)51-33-25-45(26-34-51)46-27-35-52(36-28-46)64(50-31-23-44(2)24-32-50)54-38-40-62-58(42-54)56-18-10-12-20-60(56)66(62)48-15-7-4-8-16-48/h3-7,9-14,17-33,35-37,39,41,48,51,54-55,59H,8,15-16,34,38,40,42H2,1-2H3. The van der Waals surface area contributed by atoms with E-state index in [1.807, 2.05) is 0 Å². The number of hydrogen-bond donors (Lipinski definition) is 0. The molecule has 0 saturated carbocycles. The van der Waals surface area contributed by atoms with Gasteiger partial charge in [-0.05, 0) is 154 Å². The summed E-state index contributed by atoms with van der Waals surface area (Å²) < 4.78 is 2.73. The minimum Gasteiger partial charge on any atom is -0.341 e. The lowest BCUT2D eigenvalue weighted by Crippen LogP contribution is -2.36. The lowest BCUT2D eigenvalue weighted by atomic mass is 9.89. The fourth-order valence-corrected chi connectivity index (χ4v) is 11.9. The average molecular weight is 859 g/mol. The predicted molar refractivity (Wildman–Crippen MR) is 278 cm³/mol. The van der Waals surface area contributed by atoms with Crippen molar-refractivity contribution in [3.05, 3.63) is 234 Å². The Balaban J connectivity index is 0.833. The van der Waals surface area contributed by atoms with Gasteiger partial charge in [-0.2, -0.15) is 0 Å². The zero-order chi connectivity index (χ0) is 44.1. The molecule has 0 amide bonds. The maximum absolute atomic E-state index is 2.73. The molecule has 7 aromatic rings. The minimum atomic E-state index is 0.173. The number of hydrogen-bond acceptors (Lipinski definition) is 3. The van der Waals surface area contributed by atoms with E-state index in [1.54, 1.807) is 11.3 Å². The van der Waals surface area contributed by atoms with Gasteiger partial charge in [0.1, 0.15) is 0 Å². The number of aromatic nitrogens is 1. The van der Waals surface area contributed by atoms with Crippen molar-refractivity contribution in [2.75, 3.05) is 14.7 Å². The maximum Gasteiger partial charge on any atom is 0.0629 e. The summed E-state index contributed by atoms with van der Waals surface area (Å²) in [5.74, 6) is 0.296. The number of para-hydroxylation sites is 2. The van der Waals surface area contributed by atoms with Gasteiger partial charge >= 0.3 is 0 Å². The Labute approximate surface area is 390 Å². The van der Waals surface area contributed by atoms with Gasteiger partial charge in [0.25, 0.3) is 0 Å². The summed E-state index contributed by atoms with van der Waals surface area (Å²) in [5.41, 5.74) is 18.5. The third-order valence-electron chi connectivity index (χ3n) is 15.1. The molecule has 6 aromatic carbocycles. The van der Waals surface area contributed by atoms with E-state index in [2.05, 4.69) is 233 Å². The van der Waals surface area contributed by atoms with Crippen molar-refractivity contribution < 1.29 is 0 Å². The third kappa shape index (κ3) is 7.24. The Bertz CT molecular complexity index is 3050. The molecule has 5 atom stereocenters. The van der Waals surface area contributed by atoms with Gasteiger partial charge in [0.05, 0.1) is 12.1 Å². The van der Waals surface area contributed by atoms with Crippen LogP contribution >= 0.6 is 0 Å². The van der Waals surface area contributed by atoms with Crippen LogP contribution in [0.5, 0.6) is 0 Å². The van der Waals surface area contributed by atoms with E-state index in [4.69, 9.17) is 0 Å². The number of nitrogens with zero attached hydrogens (tertiary/aromatic N) is 4. The van der Waals surface area contributed by atoms with Crippen LogP contribution in [0.1, 0.15) is 77.6 Å². The highest BCUT2D eigenvalue weighted by molar-refractivity contribution is 5.87. The summed E-state index contributed by atoms with van der Waals surface area (Å²) >= 11 is 0. The zero-order valence-electron chi connectivity index (χ0n) is 38.2. The second-order valence-corrected chi connectivity index (χ2v) is 19.2. The quantitative estimate of drug-likeness (QED) is 0.134. The summed E-state index contributed by atoms with van der Waals surface area (Å²) in [6.07, 6.45) is 28.9. The van der Waals surface area contributed by atoms with Gasteiger partial charge in [-0.3, -0.25) is 0 Å². The molecular formula is C62H58N4. The normalized spacial score (nSPS) is 21.6. The molecule has 5 unspecified atom stereocenters. The van der Waals surface area contributed by atoms with Crippen molar-refractivity contribution in [2.24, 2.45) is 0 Å². The third-order valence-corrected chi connectivity index (χ3v) is 15.1. The second-order valence-electron chi connectivity index (χ2n) is 19.2. The number of anilines is 6. The summed E-state index contributed by atoms with van der Waals surface area (Å²) in [6.45, 7) is 4.36. The van der Waals surface area contributed by atoms with E-state index in [9.17, 15) is 0 Å². The number of fused-ring (bicyclic) bond motifs is 6. The highest BCUT2D eigenvalue weighted by atomic mass is 15.2. The lowest BCUT2D eigenvalue weighted by molar-refractivity contribution is 0.444. The van der Waals surface area contributed by atoms with Crippen molar-refractivity contribution in [3.63, 3.8) is 0 Å². The van der Waals surface area contributed by atoms with E-state index >= 15 is 0 Å². The van der Waals surface area contributed by atoms with Crippen LogP contribution < -0.4 is 14.7 Å². The number of allylic oxidation sites excluding steroid dienone is 6. The summed E-state index contributed by atoms with van der Waals surface area (Å²) in [7, 11) is 0. The van der Waals surface area contributed by atoms with Crippen LogP contribution in [0.3, 0.4) is 0 Å². The monoisotopic (exact) mass is 858 g/mol. The van der Waals surface area contributed by atoms with Gasteiger partial charge in [0, 0.05) is 68.7 Å². The van der Waals surface area contributed by atoms with Crippen LogP contribution in [0, 0.1) is 13.8 Å². The Kier molecular flexibility index (Phi) is 10.5. The summed E-state index contributed by atoms with van der Waals surface area (Å²) in [4.78, 5) is 7.70.